The van der Waals surface area contributed by atoms with E-state index in [0.29, 0.717) is 34.9 Å². The SMILES string of the molecule is CS(C)(=O)=Nc1cccc(Nc2nc(Nc3cc4c5c(c3)CN(C3CC3)CC5CCC4)ncc2C#N)n1. The first-order valence-corrected chi connectivity index (χ1v) is 15.0. The molecule has 0 radical (unpaired) electrons. The van der Waals surface area contributed by atoms with Crippen LogP contribution in [0.15, 0.2) is 40.9 Å². The fourth-order valence-electron chi connectivity index (χ4n) is 5.50. The summed E-state index contributed by atoms with van der Waals surface area (Å²) in [5.41, 5.74) is 5.70. The maximum Gasteiger partial charge on any atom is 0.229 e. The second-order valence-corrected chi connectivity index (χ2v) is 13.0. The van der Waals surface area contributed by atoms with Gasteiger partial charge in [-0.05, 0) is 79.0 Å². The Kier molecular flexibility index (Phi) is 6.05. The highest BCUT2D eigenvalue weighted by Crippen LogP contribution is 2.43. The normalized spacial score (nSPS) is 19.0. The molecule has 9 nitrogen and oxygen atoms in total. The number of nitrogens with zero attached hydrogens (tertiary/aromatic N) is 6. The lowest BCUT2D eigenvalue weighted by Crippen LogP contribution is -2.37. The zero-order valence-corrected chi connectivity index (χ0v) is 21.9. The standard InChI is InChI=1S/C27H30N8OS/c1-37(2,36)34-24-8-4-7-23(31-24)32-26-20(13-28)14-29-27(33-26)30-21-11-17-5-3-6-18-15-35(22-9-10-22)16-19(12-21)25(17)18/h4,7-8,11-12,14,18,22H,3,5-6,9-10,15-16H2,1-2H3,(H2,29,30,31,32,33). The largest absolute Gasteiger partial charge is 0.324 e. The summed E-state index contributed by atoms with van der Waals surface area (Å²) in [5, 5.41) is 16.1. The predicted molar refractivity (Wildman–Crippen MR) is 145 cm³/mol. The van der Waals surface area contributed by atoms with Crippen LogP contribution < -0.4 is 10.6 Å². The Morgan fingerprint density at radius 2 is 1.97 bits per heavy atom. The molecule has 10 heteroatoms. The summed E-state index contributed by atoms with van der Waals surface area (Å²) < 4.78 is 16.2. The molecule has 3 aromatic rings. The van der Waals surface area contributed by atoms with E-state index in [9.17, 15) is 9.47 Å². The summed E-state index contributed by atoms with van der Waals surface area (Å²) in [5.74, 6) is 2.20. The van der Waals surface area contributed by atoms with Crippen LogP contribution in [0.5, 0.6) is 0 Å². The maximum atomic E-state index is 12.1. The summed E-state index contributed by atoms with van der Waals surface area (Å²) in [4.78, 5) is 16.0. The van der Waals surface area contributed by atoms with Gasteiger partial charge in [0, 0.05) is 47.1 Å². The van der Waals surface area contributed by atoms with E-state index < -0.39 is 9.73 Å². The fourth-order valence-corrected chi connectivity index (χ4v) is 6.05. The van der Waals surface area contributed by atoms with E-state index in [1.165, 1.54) is 49.6 Å². The predicted octanol–water partition coefficient (Wildman–Crippen LogP) is 4.99. The molecule has 2 N–H and O–H groups in total. The summed E-state index contributed by atoms with van der Waals surface area (Å²) in [7, 11) is -2.34. The lowest BCUT2D eigenvalue weighted by molar-refractivity contribution is 0.210. The maximum absolute atomic E-state index is 12.1. The van der Waals surface area contributed by atoms with Crippen LogP contribution in [0.3, 0.4) is 0 Å². The van der Waals surface area contributed by atoms with Crippen molar-refractivity contribution in [3.8, 4) is 6.07 Å². The lowest BCUT2D eigenvalue weighted by Gasteiger charge is -2.39. The van der Waals surface area contributed by atoms with Gasteiger partial charge >= 0.3 is 0 Å². The molecule has 0 spiro atoms. The van der Waals surface area contributed by atoms with Gasteiger partial charge < -0.3 is 10.6 Å². The van der Waals surface area contributed by atoms with E-state index in [0.717, 1.165) is 24.7 Å². The smallest absolute Gasteiger partial charge is 0.229 e. The second kappa shape index (κ2) is 9.39. The van der Waals surface area contributed by atoms with Gasteiger partial charge in [0.05, 0.1) is 6.20 Å². The van der Waals surface area contributed by atoms with Crippen molar-refractivity contribution in [2.45, 2.75) is 50.6 Å². The van der Waals surface area contributed by atoms with E-state index in [2.05, 4.69) is 53.1 Å². The molecule has 6 rings (SSSR count). The van der Waals surface area contributed by atoms with Crippen LogP contribution in [-0.2, 0) is 22.7 Å². The van der Waals surface area contributed by atoms with Crippen LogP contribution in [0.1, 0.15) is 53.9 Å². The average molecular weight is 515 g/mol. The summed E-state index contributed by atoms with van der Waals surface area (Å²) in [6.07, 6.45) is 10.9. The molecule has 1 aromatic carbocycles. The molecule has 0 saturated heterocycles. The Morgan fingerprint density at radius 1 is 1.14 bits per heavy atom. The number of rotatable bonds is 6. The van der Waals surface area contributed by atoms with E-state index >= 15 is 0 Å². The number of aromatic nitrogens is 3. The van der Waals surface area contributed by atoms with E-state index in [-0.39, 0.29) is 0 Å². The third-order valence-corrected chi connectivity index (χ3v) is 7.74. The van der Waals surface area contributed by atoms with Crippen molar-refractivity contribution in [2.75, 3.05) is 29.7 Å². The van der Waals surface area contributed by atoms with Crippen LogP contribution in [-0.4, -0.2) is 49.2 Å². The summed E-state index contributed by atoms with van der Waals surface area (Å²) in [6, 6.07) is 12.6. The van der Waals surface area contributed by atoms with Crippen LogP contribution in [0.2, 0.25) is 0 Å². The molecule has 3 aliphatic rings. The molecule has 2 aromatic heterocycles. The number of hydrogen-bond donors (Lipinski definition) is 2. The number of nitrogens with one attached hydrogen (secondary N) is 2. The average Bonchev–Trinajstić information content (AvgIpc) is 3.69. The Balaban J connectivity index is 1.28. The molecule has 0 amide bonds. The molecule has 0 bridgehead atoms. The van der Waals surface area contributed by atoms with Crippen LogP contribution >= 0.6 is 0 Å². The van der Waals surface area contributed by atoms with Gasteiger partial charge in [-0.15, -0.1) is 0 Å². The molecular weight excluding hydrogens is 484 g/mol. The van der Waals surface area contributed by atoms with Gasteiger partial charge in [0.1, 0.15) is 17.5 Å². The lowest BCUT2D eigenvalue weighted by atomic mass is 9.77. The Hall–Kier alpha value is -3.55. The highest BCUT2D eigenvalue weighted by molar-refractivity contribution is 7.92. The molecule has 1 unspecified atom stereocenters. The molecule has 2 aliphatic carbocycles. The van der Waals surface area contributed by atoms with Crippen molar-refractivity contribution in [1.29, 1.82) is 5.26 Å². The summed E-state index contributed by atoms with van der Waals surface area (Å²) >= 11 is 0. The molecule has 1 atom stereocenters. The third kappa shape index (κ3) is 5.29. The Labute approximate surface area is 217 Å². The van der Waals surface area contributed by atoms with Gasteiger partial charge in [0.15, 0.2) is 11.6 Å². The number of pyridine rings is 1. The van der Waals surface area contributed by atoms with Gasteiger partial charge in [-0.1, -0.05) is 6.07 Å². The van der Waals surface area contributed by atoms with Gasteiger partial charge in [-0.2, -0.15) is 14.6 Å². The second-order valence-electron chi connectivity index (χ2n) is 10.4. The van der Waals surface area contributed by atoms with Crippen molar-refractivity contribution >= 4 is 38.8 Å². The number of anilines is 4. The third-order valence-electron chi connectivity index (χ3n) is 7.11. The monoisotopic (exact) mass is 514 g/mol. The van der Waals surface area contributed by atoms with Crippen molar-refractivity contribution in [1.82, 2.24) is 19.9 Å². The minimum atomic E-state index is -2.34. The first kappa shape index (κ1) is 23.8. The van der Waals surface area contributed by atoms with E-state index in [1.807, 2.05) is 0 Å². The minimum Gasteiger partial charge on any atom is -0.324 e. The van der Waals surface area contributed by atoms with Gasteiger partial charge in [0.25, 0.3) is 0 Å². The van der Waals surface area contributed by atoms with Crippen molar-refractivity contribution in [3.63, 3.8) is 0 Å². The number of hydrogen-bond acceptors (Lipinski definition) is 9. The zero-order chi connectivity index (χ0) is 25.6. The van der Waals surface area contributed by atoms with Gasteiger partial charge in [0.2, 0.25) is 5.95 Å². The first-order valence-electron chi connectivity index (χ1n) is 12.7. The molecule has 1 aliphatic heterocycles. The van der Waals surface area contributed by atoms with E-state index in [4.69, 9.17) is 0 Å². The van der Waals surface area contributed by atoms with Crippen molar-refractivity contribution < 1.29 is 4.21 Å². The van der Waals surface area contributed by atoms with Crippen LogP contribution in [0, 0.1) is 11.3 Å². The van der Waals surface area contributed by atoms with E-state index in [1.54, 1.807) is 36.3 Å². The Bertz CT molecular complexity index is 1530. The molecule has 1 saturated carbocycles. The molecule has 190 valence electrons. The van der Waals surface area contributed by atoms with Crippen molar-refractivity contribution in [2.24, 2.45) is 4.36 Å². The van der Waals surface area contributed by atoms with Gasteiger partial charge in [-0.25, -0.2) is 14.2 Å². The van der Waals surface area contributed by atoms with Crippen molar-refractivity contribution in [3.05, 3.63) is 58.8 Å². The highest BCUT2D eigenvalue weighted by atomic mass is 32.2. The number of nitriles is 1. The van der Waals surface area contributed by atoms with Crippen LogP contribution in [0.4, 0.5) is 29.1 Å². The number of benzene rings is 1. The molecular formula is C27H30N8OS. The Morgan fingerprint density at radius 3 is 2.76 bits per heavy atom. The quantitative estimate of drug-likeness (QED) is 0.472. The highest BCUT2D eigenvalue weighted by Gasteiger charge is 2.37. The first-order chi connectivity index (χ1) is 17.8. The topological polar surface area (TPSA) is 119 Å². The summed E-state index contributed by atoms with van der Waals surface area (Å²) in [6.45, 7) is 2.20. The zero-order valence-electron chi connectivity index (χ0n) is 21.1. The van der Waals surface area contributed by atoms with Gasteiger partial charge in [-0.3, -0.25) is 4.90 Å². The molecule has 1 fully saturated rings. The molecule has 37 heavy (non-hydrogen) atoms. The minimum absolute atomic E-state index is 0.299. The molecule has 3 heterocycles. The fraction of sp³-hybridized carbons (Fsp3) is 0.407. The number of aryl methyl sites for hydroxylation is 1. The van der Waals surface area contributed by atoms with Crippen LogP contribution in [0.25, 0.3) is 0 Å².